The number of rotatable bonds is 4. The van der Waals surface area contributed by atoms with E-state index in [-0.39, 0.29) is 10.8 Å². The summed E-state index contributed by atoms with van der Waals surface area (Å²) in [7, 11) is 0. The second kappa shape index (κ2) is 6.61. The van der Waals surface area contributed by atoms with Gasteiger partial charge in [-0.3, -0.25) is 0 Å². The topological polar surface area (TPSA) is 66.1 Å². The Kier molecular flexibility index (Phi) is 4.84. The van der Waals surface area contributed by atoms with Gasteiger partial charge < -0.3 is 9.84 Å². The summed E-state index contributed by atoms with van der Waals surface area (Å²) in [5.41, 5.74) is 1.98. The molecular formula is C15H13ClN2O2S. The van der Waals surface area contributed by atoms with Crippen LogP contribution in [0.2, 0.25) is 5.02 Å². The maximum atomic E-state index is 9.81. The van der Waals surface area contributed by atoms with E-state index in [4.69, 9.17) is 16.3 Å². The summed E-state index contributed by atoms with van der Waals surface area (Å²) < 4.78 is 5.32. The number of aromatic nitrogens is 1. The quantitative estimate of drug-likeness (QED) is 0.854. The highest BCUT2D eigenvalue weighted by molar-refractivity contribution is 7.11. The predicted octanol–water partition coefficient (Wildman–Crippen LogP) is 4.27. The number of nitriles is 1. The Labute approximate surface area is 131 Å². The number of phenolic OH excluding ortho intramolecular Hbond substituents is 1. The van der Waals surface area contributed by atoms with Crippen molar-refractivity contribution in [1.29, 1.82) is 5.26 Å². The third-order valence-electron chi connectivity index (χ3n) is 2.63. The Morgan fingerprint density at radius 2 is 2.33 bits per heavy atom. The van der Waals surface area contributed by atoms with Crippen molar-refractivity contribution in [3.05, 3.63) is 38.8 Å². The Morgan fingerprint density at radius 1 is 1.57 bits per heavy atom. The zero-order valence-electron chi connectivity index (χ0n) is 11.6. The molecule has 0 spiro atoms. The van der Waals surface area contributed by atoms with Gasteiger partial charge in [0.25, 0.3) is 0 Å². The monoisotopic (exact) mass is 320 g/mol. The molecule has 4 nitrogen and oxygen atoms in total. The SMILES string of the molecule is CCOc1cc(/C=C(/C#N)c2nc(C)cs2)cc(Cl)c1O. The van der Waals surface area contributed by atoms with E-state index in [0.29, 0.717) is 28.5 Å². The Bertz CT molecular complexity index is 732. The number of hydrogen-bond donors (Lipinski definition) is 1. The van der Waals surface area contributed by atoms with Crippen molar-refractivity contribution in [1.82, 2.24) is 4.98 Å². The lowest BCUT2D eigenvalue weighted by Crippen LogP contribution is -1.93. The van der Waals surface area contributed by atoms with Gasteiger partial charge in [-0.25, -0.2) is 4.98 Å². The van der Waals surface area contributed by atoms with E-state index in [9.17, 15) is 10.4 Å². The van der Waals surface area contributed by atoms with Crippen LogP contribution in [0.15, 0.2) is 17.5 Å². The van der Waals surface area contributed by atoms with Crippen LogP contribution in [0.3, 0.4) is 0 Å². The van der Waals surface area contributed by atoms with Crippen LogP contribution >= 0.6 is 22.9 Å². The van der Waals surface area contributed by atoms with Gasteiger partial charge in [-0.15, -0.1) is 11.3 Å². The van der Waals surface area contributed by atoms with Crippen LogP contribution in [0.4, 0.5) is 0 Å². The molecule has 0 amide bonds. The standard InChI is InChI=1S/C15H13ClN2O2S/c1-3-20-13-6-10(5-12(16)14(13)19)4-11(7-17)15-18-9(2)8-21-15/h4-6,8,19H,3H2,1-2H3/b11-4-. The van der Waals surface area contributed by atoms with E-state index in [1.807, 2.05) is 19.2 Å². The van der Waals surface area contributed by atoms with E-state index in [2.05, 4.69) is 11.1 Å². The van der Waals surface area contributed by atoms with E-state index in [0.717, 1.165) is 5.69 Å². The van der Waals surface area contributed by atoms with E-state index in [1.165, 1.54) is 11.3 Å². The van der Waals surface area contributed by atoms with Gasteiger partial charge in [0, 0.05) is 11.1 Å². The molecule has 0 fully saturated rings. The first-order valence-corrected chi connectivity index (χ1v) is 7.50. The summed E-state index contributed by atoms with van der Waals surface area (Å²) >= 11 is 7.38. The summed E-state index contributed by atoms with van der Waals surface area (Å²) in [4.78, 5) is 4.29. The summed E-state index contributed by atoms with van der Waals surface area (Å²) in [5, 5.41) is 21.8. The van der Waals surface area contributed by atoms with Crippen LogP contribution in [0.5, 0.6) is 11.5 Å². The van der Waals surface area contributed by atoms with Gasteiger partial charge >= 0.3 is 0 Å². The first kappa shape index (κ1) is 15.4. The number of thiazole rings is 1. The molecular weight excluding hydrogens is 308 g/mol. The molecule has 2 rings (SSSR count). The largest absolute Gasteiger partial charge is 0.503 e. The predicted molar refractivity (Wildman–Crippen MR) is 84.6 cm³/mol. The lowest BCUT2D eigenvalue weighted by Gasteiger charge is -2.08. The lowest BCUT2D eigenvalue weighted by atomic mass is 10.1. The number of nitrogens with zero attached hydrogens (tertiary/aromatic N) is 2. The molecule has 1 aromatic heterocycles. The molecule has 2 aromatic rings. The number of allylic oxidation sites excluding steroid dienone is 1. The fourth-order valence-corrected chi connectivity index (χ4v) is 2.71. The third kappa shape index (κ3) is 3.54. The van der Waals surface area contributed by atoms with E-state index >= 15 is 0 Å². The van der Waals surface area contributed by atoms with E-state index < -0.39 is 0 Å². The van der Waals surface area contributed by atoms with E-state index in [1.54, 1.807) is 18.2 Å². The lowest BCUT2D eigenvalue weighted by molar-refractivity contribution is 0.318. The van der Waals surface area contributed by atoms with Crippen molar-refractivity contribution < 1.29 is 9.84 Å². The second-order valence-electron chi connectivity index (χ2n) is 4.25. The molecule has 1 aromatic carbocycles. The number of aromatic hydroxyl groups is 1. The first-order chi connectivity index (χ1) is 10.0. The summed E-state index contributed by atoms with van der Waals surface area (Å²) in [6, 6.07) is 5.35. The van der Waals surface area contributed by atoms with Gasteiger partial charge in [0.2, 0.25) is 0 Å². The molecule has 0 aliphatic heterocycles. The average molecular weight is 321 g/mol. The molecule has 0 bridgehead atoms. The highest BCUT2D eigenvalue weighted by Gasteiger charge is 2.11. The molecule has 1 N–H and O–H groups in total. The zero-order chi connectivity index (χ0) is 15.4. The minimum atomic E-state index is -0.0979. The maximum Gasteiger partial charge on any atom is 0.176 e. The van der Waals surface area contributed by atoms with Gasteiger partial charge in [0.15, 0.2) is 11.5 Å². The molecule has 6 heteroatoms. The molecule has 0 aliphatic rings. The molecule has 0 saturated carbocycles. The number of aryl methyl sites for hydroxylation is 1. The van der Waals surface area contributed by atoms with Crippen molar-refractivity contribution in [2.45, 2.75) is 13.8 Å². The smallest absolute Gasteiger partial charge is 0.176 e. The first-order valence-electron chi connectivity index (χ1n) is 6.24. The molecule has 0 radical (unpaired) electrons. The average Bonchev–Trinajstić information content (AvgIpc) is 2.88. The molecule has 108 valence electrons. The highest BCUT2D eigenvalue weighted by atomic mass is 35.5. The Hall–Kier alpha value is -2.03. The van der Waals surface area contributed by atoms with Crippen LogP contribution in [0.25, 0.3) is 11.6 Å². The molecule has 0 atom stereocenters. The second-order valence-corrected chi connectivity index (χ2v) is 5.51. The number of phenols is 1. The van der Waals surface area contributed by atoms with Gasteiger partial charge in [-0.2, -0.15) is 5.26 Å². The summed E-state index contributed by atoms with van der Waals surface area (Å²) in [5.74, 6) is 0.197. The van der Waals surface area contributed by atoms with Crippen molar-refractivity contribution in [2.75, 3.05) is 6.61 Å². The van der Waals surface area contributed by atoms with Crippen molar-refractivity contribution in [2.24, 2.45) is 0 Å². The molecule has 21 heavy (non-hydrogen) atoms. The number of hydrogen-bond acceptors (Lipinski definition) is 5. The molecule has 1 heterocycles. The normalized spacial score (nSPS) is 11.2. The van der Waals surface area contributed by atoms with Gasteiger partial charge in [0.05, 0.1) is 17.2 Å². The summed E-state index contributed by atoms with van der Waals surface area (Å²) in [6.45, 7) is 4.10. The molecule has 0 saturated heterocycles. The fourth-order valence-electron chi connectivity index (χ4n) is 1.73. The third-order valence-corrected chi connectivity index (χ3v) is 3.91. The zero-order valence-corrected chi connectivity index (χ0v) is 13.1. The van der Waals surface area contributed by atoms with Crippen molar-refractivity contribution in [3.63, 3.8) is 0 Å². The van der Waals surface area contributed by atoms with Crippen LogP contribution in [0, 0.1) is 18.3 Å². The molecule has 0 unspecified atom stereocenters. The Morgan fingerprint density at radius 3 is 2.90 bits per heavy atom. The van der Waals surface area contributed by atoms with Crippen LogP contribution in [-0.4, -0.2) is 16.7 Å². The van der Waals surface area contributed by atoms with Gasteiger partial charge in [-0.05, 0) is 37.6 Å². The van der Waals surface area contributed by atoms with Crippen molar-refractivity contribution in [3.8, 4) is 17.6 Å². The minimum Gasteiger partial charge on any atom is -0.503 e. The fraction of sp³-hybridized carbons (Fsp3) is 0.200. The van der Waals surface area contributed by atoms with Crippen molar-refractivity contribution >= 4 is 34.6 Å². The summed E-state index contributed by atoms with van der Waals surface area (Å²) in [6.07, 6.45) is 1.67. The Balaban J connectivity index is 2.46. The van der Waals surface area contributed by atoms with Crippen LogP contribution in [-0.2, 0) is 0 Å². The van der Waals surface area contributed by atoms with Gasteiger partial charge in [0.1, 0.15) is 11.1 Å². The number of benzene rings is 1. The molecule has 0 aliphatic carbocycles. The number of halogens is 1. The maximum absolute atomic E-state index is 9.81. The van der Waals surface area contributed by atoms with Crippen LogP contribution in [0.1, 0.15) is 23.2 Å². The van der Waals surface area contributed by atoms with Gasteiger partial charge in [-0.1, -0.05) is 11.6 Å². The number of ether oxygens (including phenoxy) is 1. The van der Waals surface area contributed by atoms with Crippen LogP contribution < -0.4 is 4.74 Å². The highest BCUT2D eigenvalue weighted by Crippen LogP contribution is 2.36. The minimum absolute atomic E-state index is 0.0979.